The molecule has 3 rings (SSSR count). The van der Waals surface area contributed by atoms with Crippen LogP contribution in [0.5, 0.6) is 0 Å². The number of benzene rings is 2. The Morgan fingerprint density at radius 2 is 2.04 bits per heavy atom. The van der Waals surface area contributed by atoms with Crippen LogP contribution in [0.1, 0.15) is 35.7 Å². The zero-order valence-electron chi connectivity index (χ0n) is 13.2. The Kier molecular flexibility index (Phi) is 4.28. The first-order chi connectivity index (χ1) is 11.4. The van der Waals surface area contributed by atoms with E-state index in [0.29, 0.717) is 5.69 Å². The molecule has 1 aliphatic heterocycles. The molecule has 0 spiro atoms. The van der Waals surface area contributed by atoms with Gasteiger partial charge in [0, 0.05) is 11.4 Å². The largest absolute Gasteiger partial charge is 0.325 e. The molecule has 1 aliphatic rings. The highest BCUT2D eigenvalue weighted by Crippen LogP contribution is 2.38. The van der Waals surface area contributed by atoms with E-state index >= 15 is 0 Å². The zero-order valence-corrected chi connectivity index (χ0v) is 13.9. The molecule has 0 aromatic heterocycles. The Balaban J connectivity index is 1.90. The molecule has 0 fully saturated rings. The summed E-state index contributed by atoms with van der Waals surface area (Å²) in [4.78, 5) is 24.4. The molecule has 0 saturated carbocycles. The van der Waals surface area contributed by atoms with E-state index in [-0.39, 0.29) is 28.3 Å². The second kappa shape index (κ2) is 6.24. The van der Waals surface area contributed by atoms with Crippen molar-refractivity contribution in [1.29, 1.82) is 0 Å². The van der Waals surface area contributed by atoms with Crippen molar-refractivity contribution in [2.75, 3.05) is 10.6 Å². The number of amides is 2. The van der Waals surface area contributed by atoms with Gasteiger partial charge in [-0.2, -0.15) is 0 Å². The van der Waals surface area contributed by atoms with E-state index in [0.717, 1.165) is 11.3 Å². The van der Waals surface area contributed by atoms with E-state index in [2.05, 4.69) is 10.6 Å². The van der Waals surface area contributed by atoms with Crippen molar-refractivity contribution in [3.05, 3.63) is 58.4 Å². The van der Waals surface area contributed by atoms with Crippen LogP contribution in [-0.2, 0) is 4.79 Å². The second-order valence-electron chi connectivity index (χ2n) is 6.06. The van der Waals surface area contributed by atoms with Gasteiger partial charge in [-0.1, -0.05) is 31.5 Å². The first kappa shape index (κ1) is 16.5. The summed E-state index contributed by atoms with van der Waals surface area (Å²) in [6.07, 6.45) is 0. The lowest BCUT2D eigenvalue weighted by molar-refractivity contribution is -0.117. The number of anilines is 2. The number of rotatable bonds is 3. The van der Waals surface area contributed by atoms with Gasteiger partial charge in [-0.15, -0.1) is 0 Å². The lowest BCUT2D eigenvalue weighted by Gasteiger charge is -2.14. The smallest absolute Gasteiger partial charge is 0.260 e. The van der Waals surface area contributed by atoms with Gasteiger partial charge in [-0.05, 0) is 41.8 Å². The van der Waals surface area contributed by atoms with Crippen molar-refractivity contribution >= 4 is 34.8 Å². The fourth-order valence-corrected chi connectivity index (χ4v) is 3.18. The Bertz CT molecular complexity index is 816. The molecule has 2 aromatic carbocycles. The van der Waals surface area contributed by atoms with Gasteiger partial charge < -0.3 is 10.6 Å². The molecule has 0 radical (unpaired) electrons. The van der Waals surface area contributed by atoms with Crippen molar-refractivity contribution in [3.8, 4) is 0 Å². The summed E-state index contributed by atoms with van der Waals surface area (Å²) >= 11 is 5.91. The van der Waals surface area contributed by atoms with Crippen LogP contribution in [0.25, 0.3) is 0 Å². The average Bonchev–Trinajstić information content (AvgIpc) is 2.82. The van der Waals surface area contributed by atoms with Crippen molar-refractivity contribution in [2.24, 2.45) is 5.92 Å². The normalized spacial score (nSPS) is 16.0. The number of fused-ring (bicyclic) bond motifs is 1. The minimum absolute atomic E-state index is 0.0468. The first-order valence-corrected chi connectivity index (χ1v) is 7.96. The molecule has 0 saturated heterocycles. The molecule has 124 valence electrons. The molecule has 0 aliphatic carbocycles. The molecule has 2 N–H and O–H groups in total. The number of hydrogen-bond acceptors (Lipinski definition) is 2. The quantitative estimate of drug-likeness (QED) is 0.864. The maximum absolute atomic E-state index is 13.8. The van der Waals surface area contributed by atoms with Crippen LogP contribution < -0.4 is 10.6 Å². The monoisotopic (exact) mass is 346 g/mol. The lowest BCUT2D eigenvalue weighted by Crippen LogP contribution is -2.17. The summed E-state index contributed by atoms with van der Waals surface area (Å²) in [6, 6.07) is 9.21. The Labute approximate surface area is 144 Å². The van der Waals surface area contributed by atoms with Crippen molar-refractivity contribution < 1.29 is 14.0 Å². The third kappa shape index (κ3) is 2.87. The molecule has 4 nitrogen and oxygen atoms in total. The van der Waals surface area contributed by atoms with E-state index in [9.17, 15) is 14.0 Å². The van der Waals surface area contributed by atoms with E-state index < -0.39 is 11.7 Å². The Hall–Kier alpha value is -2.40. The number of halogens is 2. The number of carbonyl (C=O) groups is 2. The summed E-state index contributed by atoms with van der Waals surface area (Å²) in [5.74, 6) is -1.51. The molecule has 1 unspecified atom stereocenters. The third-order valence-corrected chi connectivity index (χ3v) is 4.36. The van der Waals surface area contributed by atoms with Crippen LogP contribution in [-0.4, -0.2) is 11.8 Å². The van der Waals surface area contributed by atoms with Crippen LogP contribution in [0.15, 0.2) is 36.4 Å². The maximum Gasteiger partial charge on any atom is 0.260 e. The summed E-state index contributed by atoms with van der Waals surface area (Å²) in [7, 11) is 0. The van der Waals surface area contributed by atoms with Gasteiger partial charge in [0.25, 0.3) is 5.91 Å². The minimum Gasteiger partial charge on any atom is -0.325 e. The average molecular weight is 347 g/mol. The SMILES string of the molecule is CC(C)C1C(=O)Nc2ccc(NC(=O)c3c(F)cccc3Cl)cc21. The third-order valence-electron chi connectivity index (χ3n) is 4.04. The predicted octanol–water partition coefficient (Wildman–Crippen LogP) is 4.42. The highest BCUT2D eigenvalue weighted by atomic mass is 35.5. The van der Waals surface area contributed by atoms with Gasteiger partial charge in [-0.3, -0.25) is 9.59 Å². The van der Waals surface area contributed by atoms with Gasteiger partial charge in [0.15, 0.2) is 0 Å². The summed E-state index contributed by atoms with van der Waals surface area (Å²) in [6.45, 7) is 3.92. The van der Waals surface area contributed by atoms with E-state index in [1.807, 2.05) is 13.8 Å². The van der Waals surface area contributed by atoms with Crippen LogP contribution >= 0.6 is 11.6 Å². The molecule has 1 heterocycles. The highest BCUT2D eigenvalue weighted by Gasteiger charge is 2.33. The van der Waals surface area contributed by atoms with Gasteiger partial charge in [0.1, 0.15) is 5.82 Å². The Morgan fingerprint density at radius 1 is 1.29 bits per heavy atom. The second-order valence-corrected chi connectivity index (χ2v) is 6.47. The van der Waals surface area contributed by atoms with Gasteiger partial charge in [0.05, 0.1) is 16.5 Å². The minimum atomic E-state index is -0.682. The lowest BCUT2D eigenvalue weighted by atomic mass is 9.89. The molecule has 6 heteroatoms. The van der Waals surface area contributed by atoms with E-state index in [4.69, 9.17) is 11.6 Å². The van der Waals surface area contributed by atoms with Gasteiger partial charge in [-0.25, -0.2) is 4.39 Å². The number of carbonyl (C=O) groups excluding carboxylic acids is 2. The zero-order chi connectivity index (χ0) is 17.4. The summed E-state index contributed by atoms with van der Waals surface area (Å²) < 4.78 is 13.8. The topological polar surface area (TPSA) is 58.2 Å². The van der Waals surface area contributed by atoms with Gasteiger partial charge >= 0.3 is 0 Å². The highest BCUT2D eigenvalue weighted by molar-refractivity contribution is 6.34. The maximum atomic E-state index is 13.8. The molecular formula is C18H16ClFN2O2. The van der Waals surface area contributed by atoms with Crippen molar-refractivity contribution in [1.82, 2.24) is 0 Å². The number of hydrogen-bond donors (Lipinski definition) is 2. The molecule has 2 aromatic rings. The van der Waals surface area contributed by atoms with Crippen LogP contribution in [0, 0.1) is 11.7 Å². The standard InChI is InChI=1S/C18H16ClFN2O2/c1-9(2)15-11-8-10(6-7-14(11)22-17(15)23)21-18(24)16-12(19)4-3-5-13(16)20/h3-9,15H,1-2H3,(H,21,24)(H,22,23). The predicted molar refractivity (Wildman–Crippen MR) is 92.0 cm³/mol. The van der Waals surface area contributed by atoms with Crippen LogP contribution in [0.2, 0.25) is 5.02 Å². The van der Waals surface area contributed by atoms with E-state index in [1.54, 1.807) is 18.2 Å². The van der Waals surface area contributed by atoms with Gasteiger partial charge in [0.2, 0.25) is 5.91 Å². The molecule has 24 heavy (non-hydrogen) atoms. The molecule has 0 bridgehead atoms. The molecule has 2 amide bonds. The van der Waals surface area contributed by atoms with Crippen LogP contribution in [0.3, 0.4) is 0 Å². The first-order valence-electron chi connectivity index (χ1n) is 7.58. The number of nitrogens with one attached hydrogen (secondary N) is 2. The fraction of sp³-hybridized carbons (Fsp3) is 0.222. The Morgan fingerprint density at radius 3 is 2.71 bits per heavy atom. The van der Waals surface area contributed by atoms with E-state index in [1.165, 1.54) is 18.2 Å². The summed E-state index contributed by atoms with van der Waals surface area (Å²) in [5.41, 5.74) is 1.85. The fourth-order valence-electron chi connectivity index (χ4n) is 2.93. The summed E-state index contributed by atoms with van der Waals surface area (Å²) in [5, 5.41) is 5.51. The van der Waals surface area contributed by atoms with Crippen molar-refractivity contribution in [2.45, 2.75) is 19.8 Å². The van der Waals surface area contributed by atoms with Crippen molar-refractivity contribution in [3.63, 3.8) is 0 Å². The van der Waals surface area contributed by atoms with Crippen LogP contribution in [0.4, 0.5) is 15.8 Å². The molecular weight excluding hydrogens is 331 g/mol. The molecule has 1 atom stereocenters.